The Morgan fingerprint density at radius 3 is 2.41 bits per heavy atom. The van der Waals surface area contributed by atoms with E-state index >= 15 is 0 Å². The highest BCUT2D eigenvalue weighted by Crippen LogP contribution is 2.48. The number of hydrogen-bond donors (Lipinski definition) is 0. The van der Waals surface area contributed by atoms with Crippen LogP contribution < -0.4 is 0 Å². The fraction of sp³-hybridized carbons (Fsp3) is 0.423. The third-order valence-electron chi connectivity index (χ3n) is 7.11. The number of amides is 3. The van der Waals surface area contributed by atoms with Crippen LogP contribution in [0.15, 0.2) is 48.5 Å². The number of fused-ring (bicyclic) bond motifs is 1. The van der Waals surface area contributed by atoms with Crippen molar-refractivity contribution in [2.45, 2.75) is 31.3 Å². The Hall–Kier alpha value is -2.90. The van der Waals surface area contributed by atoms with Crippen LogP contribution in [-0.2, 0) is 9.53 Å². The Morgan fingerprint density at radius 2 is 1.74 bits per heavy atom. The van der Waals surface area contributed by atoms with Crippen molar-refractivity contribution in [1.29, 1.82) is 0 Å². The molecule has 7 nitrogen and oxygen atoms in total. The number of rotatable bonds is 3. The molecule has 0 radical (unpaired) electrons. The van der Waals surface area contributed by atoms with Crippen LogP contribution in [0.4, 0.5) is 0 Å². The van der Waals surface area contributed by atoms with Crippen molar-refractivity contribution in [2.24, 2.45) is 0 Å². The highest BCUT2D eigenvalue weighted by molar-refractivity contribution is 6.31. The second-order valence-electron chi connectivity index (χ2n) is 9.50. The van der Waals surface area contributed by atoms with Gasteiger partial charge in [-0.25, -0.2) is 0 Å². The van der Waals surface area contributed by atoms with Crippen LogP contribution in [0, 0.1) is 0 Å². The first-order valence-electron chi connectivity index (χ1n) is 11.7. The molecule has 0 aliphatic carbocycles. The van der Waals surface area contributed by atoms with Crippen molar-refractivity contribution in [3.63, 3.8) is 0 Å². The van der Waals surface area contributed by atoms with E-state index in [1.165, 1.54) is 0 Å². The Morgan fingerprint density at radius 1 is 1.03 bits per heavy atom. The summed E-state index contributed by atoms with van der Waals surface area (Å²) in [5.41, 5.74) is 1.00. The van der Waals surface area contributed by atoms with Gasteiger partial charge in [-0.3, -0.25) is 14.4 Å². The highest BCUT2D eigenvalue weighted by Gasteiger charge is 2.62. The molecule has 34 heavy (non-hydrogen) atoms. The summed E-state index contributed by atoms with van der Waals surface area (Å²) in [6, 6.07) is 14.1. The molecule has 0 aromatic heterocycles. The van der Waals surface area contributed by atoms with Crippen LogP contribution in [0.1, 0.15) is 46.0 Å². The molecule has 2 aromatic carbocycles. The second kappa shape index (κ2) is 8.71. The van der Waals surface area contributed by atoms with Gasteiger partial charge in [-0.2, -0.15) is 0 Å². The number of morpholine rings is 1. The summed E-state index contributed by atoms with van der Waals surface area (Å²) in [6.45, 7) is 6.55. The summed E-state index contributed by atoms with van der Waals surface area (Å²) in [5.74, 6) is -0.804. The van der Waals surface area contributed by atoms with Crippen molar-refractivity contribution >= 4 is 29.3 Å². The van der Waals surface area contributed by atoms with E-state index in [1.54, 1.807) is 35.2 Å². The average Bonchev–Trinajstić information content (AvgIpc) is 2.82. The van der Waals surface area contributed by atoms with Crippen molar-refractivity contribution in [3.05, 3.63) is 70.2 Å². The normalized spacial score (nSPS) is 21.5. The Labute approximate surface area is 204 Å². The maximum atomic E-state index is 14.0. The van der Waals surface area contributed by atoms with Crippen molar-refractivity contribution in [2.75, 3.05) is 39.4 Å². The van der Waals surface area contributed by atoms with E-state index in [0.717, 1.165) is 5.56 Å². The fourth-order valence-electron chi connectivity index (χ4n) is 5.68. The number of likely N-dealkylation sites (tertiary alicyclic amines) is 1. The quantitative estimate of drug-likeness (QED) is 0.675. The molecule has 2 saturated heterocycles. The molecule has 1 spiro atoms. The lowest BCUT2D eigenvalue weighted by Crippen LogP contribution is -2.78. The molecule has 178 valence electrons. The van der Waals surface area contributed by atoms with E-state index in [1.807, 2.05) is 41.8 Å². The van der Waals surface area contributed by atoms with Crippen LogP contribution in [0.3, 0.4) is 0 Å². The molecule has 0 bridgehead atoms. The molecule has 2 aromatic rings. The van der Waals surface area contributed by atoms with E-state index in [4.69, 9.17) is 16.3 Å². The van der Waals surface area contributed by atoms with Crippen molar-refractivity contribution in [3.8, 4) is 0 Å². The fourth-order valence-corrected chi connectivity index (χ4v) is 5.87. The third kappa shape index (κ3) is 3.58. The van der Waals surface area contributed by atoms with Gasteiger partial charge in [0.15, 0.2) is 0 Å². The molecule has 0 N–H and O–H groups in total. The molecule has 8 heteroatoms. The molecule has 2 fully saturated rings. The molecule has 3 aliphatic rings. The minimum absolute atomic E-state index is 0.0104. The molecule has 5 rings (SSSR count). The first kappa shape index (κ1) is 22.9. The molecule has 3 heterocycles. The number of carbonyl (C=O) groups is 3. The number of halogens is 1. The topological polar surface area (TPSA) is 70.2 Å². The average molecular weight is 482 g/mol. The second-order valence-corrected chi connectivity index (χ2v) is 9.94. The summed E-state index contributed by atoms with van der Waals surface area (Å²) >= 11 is 6.10. The third-order valence-corrected chi connectivity index (χ3v) is 7.35. The molecule has 1 atom stereocenters. The molecule has 0 saturated carbocycles. The first-order valence-corrected chi connectivity index (χ1v) is 12.1. The number of benzene rings is 2. The summed E-state index contributed by atoms with van der Waals surface area (Å²) < 4.78 is 5.46. The Kier molecular flexibility index (Phi) is 5.86. The minimum atomic E-state index is -0.802. The van der Waals surface area contributed by atoms with E-state index in [-0.39, 0.29) is 36.9 Å². The maximum absolute atomic E-state index is 14.0. The first-order chi connectivity index (χ1) is 16.3. The predicted octanol–water partition coefficient (Wildman–Crippen LogP) is 3.04. The largest absolute Gasteiger partial charge is 0.378 e. The van der Waals surface area contributed by atoms with Crippen LogP contribution in [0.25, 0.3) is 0 Å². The van der Waals surface area contributed by atoms with E-state index in [2.05, 4.69) is 0 Å². The lowest BCUT2D eigenvalue weighted by atomic mass is 9.67. The summed E-state index contributed by atoms with van der Waals surface area (Å²) in [5, 5.41) is 0.493. The number of carbonyl (C=O) groups excluding carboxylic acids is 3. The van der Waals surface area contributed by atoms with Gasteiger partial charge in [0.1, 0.15) is 0 Å². The van der Waals surface area contributed by atoms with E-state index in [0.29, 0.717) is 42.5 Å². The SMILES string of the molecule is CC(C)N1C(=O)c2ccccc2C(C(=O)N2CCOCC2)C12CN(C(=O)c1cccc(Cl)c1)C2. The lowest BCUT2D eigenvalue weighted by molar-refractivity contribution is -0.146. The maximum Gasteiger partial charge on any atom is 0.255 e. The van der Waals surface area contributed by atoms with Crippen LogP contribution in [0.5, 0.6) is 0 Å². The monoisotopic (exact) mass is 481 g/mol. The summed E-state index contributed by atoms with van der Waals surface area (Å²) in [6.07, 6.45) is 0. The number of ether oxygens (including phenoxy) is 1. The summed E-state index contributed by atoms with van der Waals surface area (Å²) in [7, 11) is 0. The summed E-state index contributed by atoms with van der Waals surface area (Å²) in [4.78, 5) is 46.3. The van der Waals surface area contributed by atoms with Gasteiger partial charge >= 0.3 is 0 Å². The van der Waals surface area contributed by atoms with Gasteiger partial charge in [0, 0.05) is 48.4 Å². The zero-order valence-corrected chi connectivity index (χ0v) is 20.1. The zero-order valence-electron chi connectivity index (χ0n) is 19.4. The van der Waals surface area contributed by atoms with Crippen molar-refractivity contribution < 1.29 is 19.1 Å². The van der Waals surface area contributed by atoms with Gasteiger partial charge < -0.3 is 19.4 Å². The lowest BCUT2D eigenvalue weighted by Gasteiger charge is -2.62. The standard InChI is InChI=1S/C26H28ClN3O4/c1-17(2)30-24(32)21-9-4-3-8-20(21)22(25(33)28-10-12-34-13-11-28)26(30)15-29(16-26)23(31)18-6-5-7-19(27)14-18/h3-9,14,17,22H,10-13,15-16H2,1-2H3. The van der Waals surface area contributed by atoms with Gasteiger partial charge in [0.2, 0.25) is 5.91 Å². The molecular formula is C26H28ClN3O4. The van der Waals surface area contributed by atoms with Gasteiger partial charge in [-0.05, 0) is 43.7 Å². The van der Waals surface area contributed by atoms with Gasteiger partial charge in [-0.1, -0.05) is 35.9 Å². The molecule has 1 unspecified atom stereocenters. The zero-order chi connectivity index (χ0) is 24.0. The highest BCUT2D eigenvalue weighted by atomic mass is 35.5. The van der Waals surface area contributed by atoms with Crippen LogP contribution >= 0.6 is 11.6 Å². The Balaban J connectivity index is 1.55. The van der Waals surface area contributed by atoms with E-state index in [9.17, 15) is 14.4 Å². The number of hydrogen-bond acceptors (Lipinski definition) is 4. The van der Waals surface area contributed by atoms with Crippen LogP contribution in [-0.4, -0.2) is 83.4 Å². The van der Waals surface area contributed by atoms with Gasteiger partial charge in [0.05, 0.1) is 24.7 Å². The van der Waals surface area contributed by atoms with Crippen LogP contribution in [0.2, 0.25) is 5.02 Å². The van der Waals surface area contributed by atoms with Crippen molar-refractivity contribution in [1.82, 2.24) is 14.7 Å². The predicted molar refractivity (Wildman–Crippen MR) is 128 cm³/mol. The molecule has 3 aliphatic heterocycles. The minimum Gasteiger partial charge on any atom is -0.378 e. The molecular weight excluding hydrogens is 454 g/mol. The van der Waals surface area contributed by atoms with Gasteiger partial charge in [0.25, 0.3) is 11.8 Å². The van der Waals surface area contributed by atoms with E-state index < -0.39 is 11.5 Å². The molecule has 3 amide bonds. The van der Waals surface area contributed by atoms with Gasteiger partial charge in [-0.15, -0.1) is 0 Å². The number of nitrogens with zero attached hydrogens (tertiary/aromatic N) is 3. The smallest absolute Gasteiger partial charge is 0.255 e. The Bertz CT molecular complexity index is 1140.